The average Bonchev–Trinajstić information content (AvgIpc) is 2.73. The summed E-state index contributed by atoms with van der Waals surface area (Å²) in [5.41, 5.74) is 0.0455. The van der Waals surface area contributed by atoms with Gasteiger partial charge in [-0.25, -0.2) is 4.79 Å². The molecule has 1 aliphatic carbocycles. The van der Waals surface area contributed by atoms with Gasteiger partial charge in [0.05, 0.1) is 16.7 Å². The summed E-state index contributed by atoms with van der Waals surface area (Å²) in [4.78, 5) is 27.8. The lowest BCUT2D eigenvalue weighted by Crippen LogP contribution is -2.43. The third-order valence-corrected chi connectivity index (χ3v) is 6.77. The van der Waals surface area contributed by atoms with Crippen LogP contribution in [0.1, 0.15) is 69.7 Å². The molecule has 1 aromatic carbocycles. The molecule has 6 nitrogen and oxygen atoms in total. The summed E-state index contributed by atoms with van der Waals surface area (Å²) in [5.74, 6) is 1.97. The molecule has 0 atom stereocenters. The average molecular weight is 465 g/mol. The van der Waals surface area contributed by atoms with Gasteiger partial charge in [-0.3, -0.25) is 4.79 Å². The minimum absolute atomic E-state index is 0.111. The largest absolute Gasteiger partial charge is 0.490 e. The molecule has 0 spiro atoms. The van der Waals surface area contributed by atoms with Crippen LogP contribution < -0.4 is 4.74 Å². The number of rotatable bonds is 4. The summed E-state index contributed by atoms with van der Waals surface area (Å²) < 4.78 is 11.7. The van der Waals surface area contributed by atoms with E-state index in [1.54, 1.807) is 26.2 Å². The monoisotopic (exact) mass is 464 g/mol. The van der Waals surface area contributed by atoms with Crippen molar-refractivity contribution in [2.24, 2.45) is 11.8 Å². The second-order valence-corrected chi connectivity index (χ2v) is 10.7. The third-order valence-electron chi connectivity index (χ3n) is 6.46. The number of halogens is 1. The normalized spacial score (nSPS) is 22.4. The molecule has 2 fully saturated rings. The van der Waals surface area contributed by atoms with Crippen molar-refractivity contribution in [3.63, 3.8) is 0 Å². The van der Waals surface area contributed by atoms with Gasteiger partial charge in [0.15, 0.2) is 0 Å². The Kier molecular flexibility index (Phi) is 7.97. The highest BCUT2D eigenvalue weighted by atomic mass is 35.5. The van der Waals surface area contributed by atoms with Gasteiger partial charge in [-0.1, -0.05) is 11.6 Å². The van der Waals surface area contributed by atoms with E-state index in [0.717, 1.165) is 57.4 Å². The molecule has 32 heavy (non-hydrogen) atoms. The van der Waals surface area contributed by atoms with Crippen LogP contribution in [0.4, 0.5) is 4.79 Å². The van der Waals surface area contributed by atoms with E-state index in [4.69, 9.17) is 21.1 Å². The number of carbonyl (C=O) groups excluding carboxylic acids is 2. The molecule has 0 aromatic heterocycles. The van der Waals surface area contributed by atoms with Crippen LogP contribution in [0.5, 0.6) is 5.75 Å². The Morgan fingerprint density at radius 3 is 2.12 bits per heavy atom. The zero-order valence-electron chi connectivity index (χ0n) is 20.0. The highest BCUT2D eigenvalue weighted by molar-refractivity contribution is 6.34. The molecule has 0 bridgehead atoms. The maximum atomic E-state index is 12.3. The Morgan fingerprint density at radius 1 is 1.00 bits per heavy atom. The van der Waals surface area contributed by atoms with E-state index in [1.165, 1.54) is 4.90 Å². The molecule has 0 unspecified atom stereocenters. The van der Waals surface area contributed by atoms with Crippen molar-refractivity contribution in [3.05, 3.63) is 28.8 Å². The van der Waals surface area contributed by atoms with Gasteiger partial charge < -0.3 is 19.3 Å². The molecule has 3 rings (SSSR count). The van der Waals surface area contributed by atoms with E-state index in [0.29, 0.717) is 22.4 Å². The van der Waals surface area contributed by atoms with Crippen LogP contribution in [0.15, 0.2) is 18.2 Å². The Bertz CT molecular complexity index is 805. The maximum Gasteiger partial charge on any atom is 0.410 e. The van der Waals surface area contributed by atoms with Crippen LogP contribution in [-0.4, -0.2) is 60.7 Å². The van der Waals surface area contributed by atoms with Crippen LogP contribution in [0, 0.1) is 11.8 Å². The van der Waals surface area contributed by atoms with Gasteiger partial charge in [0, 0.05) is 27.2 Å². The van der Waals surface area contributed by atoms with Crippen LogP contribution in [0.25, 0.3) is 0 Å². The van der Waals surface area contributed by atoms with Gasteiger partial charge in [-0.05, 0) is 89.3 Å². The SMILES string of the molecule is CN(C)C(=O)c1ccc(OC2CCC(C3CCN(C(=O)OC(C)(C)C)CC3)CC2)cc1Cl. The number of hydrogen-bond acceptors (Lipinski definition) is 4. The molecule has 7 heteroatoms. The number of amides is 2. The summed E-state index contributed by atoms with van der Waals surface area (Å²) in [6.07, 6.45) is 6.42. The third kappa shape index (κ3) is 6.53. The molecule has 2 amide bonds. The van der Waals surface area contributed by atoms with Crippen LogP contribution in [-0.2, 0) is 4.74 Å². The zero-order chi connectivity index (χ0) is 23.5. The molecule has 2 aliphatic rings. The summed E-state index contributed by atoms with van der Waals surface area (Å²) in [6.45, 7) is 7.29. The number of benzene rings is 1. The first-order valence-corrected chi connectivity index (χ1v) is 12.1. The number of hydrogen-bond donors (Lipinski definition) is 0. The van der Waals surface area contributed by atoms with E-state index in [9.17, 15) is 9.59 Å². The molecule has 1 saturated carbocycles. The van der Waals surface area contributed by atoms with Crippen molar-refractivity contribution >= 4 is 23.6 Å². The van der Waals surface area contributed by atoms with E-state index in [1.807, 2.05) is 31.7 Å². The number of nitrogens with zero attached hydrogens (tertiary/aromatic N) is 2. The number of ether oxygens (including phenoxy) is 2. The fraction of sp³-hybridized carbons (Fsp3) is 0.680. The minimum atomic E-state index is -0.446. The smallest absolute Gasteiger partial charge is 0.410 e. The number of piperidine rings is 1. The molecule has 1 aliphatic heterocycles. The summed E-state index contributed by atoms with van der Waals surface area (Å²) in [6, 6.07) is 5.32. The van der Waals surface area contributed by atoms with Gasteiger partial charge in [0.1, 0.15) is 11.4 Å². The quantitative estimate of drug-likeness (QED) is 0.579. The number of carbonyl (C=O) groups is 2. The maximum absolute atomic E-state index is 12.3. The van der Waals surface area contributed by atoms with E-state index in [2.05, 4.69) is 0 Å². The van der Waals surface area contributed by atoms with E-state index < -0.39 is 5.60 Å². The Hall–Kier alpha value is -1.95. The van der Waals surface area contributed by atoms with E-state index in [-0.39, 0.29) is 18.1 Å². The Balaban J connectivity index is 1.44. The van der Waals surface area contributed by atoms with Crippen molar-refractivity contribution in [2.75, 3.05) is 27.2 Å². The van der Waals surface area contributed by atoms with Gasteiger partial charge in [-0.2, -0.15) is 0 Å². The molecule has 1 aromatic rings. The van der Waals surface area contributed by atoms with Crippen LogP contribution in [0.2, 0.25) is 5.02 Å². The van der Waals surface area contributed by atoms with E-state index >= 15 is 0 Å². The lowest BCUT2D eigenvalue weighted by atomic mass is 9.75. The predicted octanol–water partition coefficient (Wildman–Crippen LogP) is 5.63. The predicted molar refractivity (Wildman–Crippen MR) is 126 cm³/mol. The second-order valence-electron chi connectivity index (χ2n) is 10.3. The fourth-order valence-electron chi connectivity index (χ4n) is 4.73. The molecule has 1 saturated heterocycles. The highest BCUT2D eigenvalue weighted by Crippen LogP contribution is 2.37. The van der Waals surface area contributed by atoms with Crippen molar-refractivity contribution in [2.45, 2.75) is 71.0 Å². The van der Waals surface area contributed by atoms with Gasteiger partial charge in [0.25, 0.3) is 5.91 Å². The van der Waals surface area contributed by atoms with Gasteiger partial charge in [0.2, 0.25) is 0 Å². The molecule has 0 N–H and O–H groups in total. The highest BCUT2D eigenvalue weighted by Gasteiger charge is 2.33. The lowest BCUT2D eigenvalue weighted by molar-refractivity contribution is 0.0132. The van der Waals surface area contributed by atoms with Crippen molar-refractivity contribution in [3.8, 4) is 5.75 Å². The minimum Gasteiger partial charge on any atom is -0.490 e. The zero-order valence-corrected chi connectivity index (χ0v) is 20.8. The first-order chi connectivity index (χ1) is 15.0. The van der Waals surface area contributed by atoms with Crippen molar-refractivity contribution in [1.29, 1.82) is 0 Å². The van der Waals surface area contributed by atoms with Gasteiger partial charge >= 0.3 is 6.09 Å². The second kappa shape index (κ2) is 10.3. The summed E-state index contributed by atoms with van der Waals surface area (Å²) in [7, 11) is 3.42. The molecular formula is C25H37ClN2O4. The fourth-order valence-corrected chi connectivity index (χ4v) is 4.99. The summed E-state index contributed by atoms with van der Waals surface area (Å²) in [5, 5.41) is 0.423. The number of likely N-dealkylation sites (tertiary alicyclic amines) is 1. The summed E-state index contributed by atoms with van der Waals surface area (Å²) >= 11 is 6.32. The molecule has 1 heterocycles. The standard InChI is InChI=1S/C25H37ClN2O4/c1-25(2,3)32-24(30)28-14-12-18(13-15-28)17-6-8-19(9-7-17)31-20-10-11-21(22(26)16-20)23(29)27(4)5/h10-11,16-19H,6-9,12-15H2,1-5H3. The van der Waals surface area contributed by atoms with Crippen molar-refractivity contribution < 1.29 is 19.1 Å². The first-order valence-electron chi connectivity index (χ1n) is 11.7. The van der Waals surface area contributed by atoms with Crippen LogP contribution >= 0.6 is 11.6 Å². The first kappa shape index (κ1) is 24.7. The lowest BCUT2D eigenvalue weighted by Gasteiger charge is -2.39. The molecular weight excluding hydrogens is 428 g/mol. The van der Waals surface area contributed by atoms with Crippen LogP contribution in [0.3, 0.4) is 0 Å². The van der Waals surface area contributed by atoms with Crippen molar-refractivity contribution in [1.82, 2.24) is 9.80 Å². The molecule has 0 radical (unpaired) electrons. The van der Waals surface area contributed by atoms with Gasteiger partial charge in [-0.15, -0.1) is 0 Å². The Morgan fingerprint density at radius 2 is 1.59 bits per heavy atom. The molecule has 178 valence electrons. The Labute approximate surface area is 197 Å². The topological polar surface area (TPSA) is 59.1 Å².